The van der Waals surface area contributed by atoms with Crippen molar-refractivity contribution >= 4 is 36.4 Å². The summed E-state index contributed by atoms with van der Waals surface area (Å²) in [5, 5.41) is 0. The topological polar surface area (TPSA) is 58.8 Å². The van der Waals surface area contributed by atoms with Crippen LogP contribution in [0.15, 0.2) is 24.3 Å². The summed E-state index contributed by atoms with van der Waals surface area (Å²) in [5.74, 6) is 0.429. The molecule has 25 heavy (non-hydrogen) atoms. The highest BCUT2D eigenvalue weighted by Crippen LogP contribution is 2.23. The van der Waals surface area contributed by atoms with Gasteiger partial charge >= 0.3 is 0 Å². The zero-order valence-corrected chi connectivity index (χ0v) is 16.9. The van der Waals surface area contributed by atoms with E-state index in [9.17, 15) is 4.79 Å². The fraction of sp³-hybridized carbons (Fsp3) is 0.611. The molecule has 0 aromatic heterocycles. The number of likely N-dealkylation sites (N-methyl/N-ethyl adjacent to an activating group) is 1. The molecule has 1 aliphatic heterocycles. The highest BCUT2D eigenvalue weighted by molar-refractivity contribution is 5.85. The third-order valence-corrected chi connectivity index (χ3v) is 4.17. The first-order valence-electron chi connectivity index (χ1n) is 8.40. The van der Waals surface area contributed by atoms with Crippen molar-refractivity contribution < 1.29 is 9.53 Å². The standard InChI is InChI=1S/C18H29N3O2.2ClH/c1-14(2)12-16(19)18(22)20(3)13-15-6-4-5-7-17(15)21-8-10-23-11-9-21;;/h4-7,14,16H,8-13,19H2,1-3H3;2*1H/t16-;;/m0../s1. The van der Waals surface area contributed by atoms with Gasteiger partial charge in [0.25, 0.3) is 0 Å². The summed E-state index contributed by atoms with van der Waals surface area (Å²) in [6.45, 7) is 8.04. The van der Waals surface area contributed by atoms with Crippen LogP contribution in [0.1, 0.15) is 25.8 Å². The number of carbonyl (C=O) groups excluding carboxylic acids is 1. The van der Waals surface area contributed by atoms with Crippen molar-refractivity contribution in [2.75, 3.05) is 38.3 Å². The van der Waals surface area contributed by atoms with Crippen LogP contribution in [0.2, 0.25) is 0 Å². The van der Waals surface area contributed by atoms with Crippen molar-refractivity contribution in [3.8, 4) is 0 Å². The Balaban J connectivity index is 0.00000288. The van der Waals surface area contributed by atoms with Gasteiger partial charge in [0, 0.05) is 32.4 Å². The van der Waals surface area contributed by atoms with Crippen molar-refractivity contribution in [1.82, 2.24) is 4.90 Å². The van der Waals surface area contributed by atoms with Crippen LogP contribution in [0.3, 0.4) is 0 Å². The number of anilines is 1. The summed E-state index contributed by atoms with van der Waals surface area (Å²) in [6, 6.07) is 7.84. The fourth-order valence-electron chi connectivity index (χ4n) is 2.98. The molecule has 1 amide bonds. The van der Waals surface area contributed by atoms with Gasteiger partial charge in [-0.05, 0) is 24.0 Å². The SMILES string of the molecule is CC(C)C[C@H](N)C(=O)N(C)Cc1ccccc1N1CCOCC1.Cl.Cl. The van der Waals surface area contributed by atoms with Gasteiger partial charge in [0.15, 0.2) is 0 Å². The van der Waals surface area contributed by atoms with Crippen LogP contribution < -0.4 is 10.6 Å². The molecule has 0 radical (unpaired) electrons. The predicted molar refractivity (Wildman–Crippen MR) is 108 cm³/mol. The highest BCUT2D eigenvalue weighted by Gasteiger charge is 2.21. The largest absolute Gasteiger partial charge is 0.378 e. The van der Waals surface area contributed by atoms with Crippen molar-refractivity contribution in [2.24, 2.45) is 11.7 Å². The van der Waals surface area contributed by atoms with Crippen LogP contribution in [-0.2, 0) is 16.1 Å². The fourth-order valence-corrected chi connectivity index (χ4v) is 2.98. The molecule has 0 aliphatic carbocycles. The molecular formula is C18H31Cl2N3O2. The number of ether oxygens (including phenoxy) is 1. The lowest BCUT2D eigenvalue weighted by atomic mass is 10.0. The Labute approximate surface area is 163 Å². The van der Waals surface area contributed by atoms with Crippen LogP contribution in [-0.4, -0.2) is 50.2 Å². The van der Waals surface area contributed by atoms with Gasteiger partial charge in [0.2, 0.25) is 5.91 Å². The Morgan fingerprint density at radius 1 is 1.24 bits per heavy atom. The zero-order chi connectivity index (χ0) is 16.8. The number of benzene rings is 1. The van der Waals surface area contributed by atoms with Crippen LogP contribution in [0, 0.1) is 5.92 Å². The second-order valence-corrected chi connectivity index (χ2v) is 6.66. The van der Waals surface area contributed by atoms with Crippen molar-refractivity contribution in [1.29, 1.82) is 0 Å². The van der Waals surface area contributed by atoms with Crippen LogP contribution in [0.4, 0.5) is 5.69 Å². The number of hydrogen-bond acceptors (Lipinski definition) is 4. The van der Waals surface area contributed by atoms with Crippen LogP contribution in [0.25, 0.3) is 0 Å². The van der Waals surface area contributed by atoms with Gasteiger partial charge in [0.05, 0.1) is 19.3 Å². The zero-order valence-electron chi connectivity index (χ0n) is 15.3. The summed E-state index contributed by atoms with van der Waals surface area (Å²) >= 11 is 0. The Kier molecular flexibility index (Phi) is 11.1. The number of amides is 1. The Bertz CT molecular complexity index is 523. The van der Waals surface area contributed by atoms with Crippen LogP contribution >= 0.6 is 24.8 Å². The van der Waals surface area contributed by atoms with E-state index in [2.05, 4.69) is 30.9 Å². The van der Waals surface area contributed by atoms with Crippen LogP contribution in [0.5, 0.6) is 0 Å². The monoisotopic (exact) mass is 391 g/mol. The molecular weight excluding hydrogens is 361 g/mol. The number of carbonyl (C=O) groups is 1. The molecule has 1 heterocycles. The minimum absolute atomic E-state index is 0. The van der Waals surface area contributed by atoms with E-state index in [0.29, 0.717) is 18.9 Å². The summed E-state index contributed by atoms with van der Waals surface area (Å²) in [7, 11) is 1.83. The number of morpholine rings is 1. The van der Waals surface area contributed by atoms with Gasteiger partial charge in [-0.25, -0.2) is 0 Å². The lowest BCUT2D eigenvalue weighted by Crippen LogP contribution is -2.42. The molecule has 7 heteroatoms. The Morgan fingerprint density at radius 2 is 1.84 bits per heavy atom. The third kappa shape index (κ3) is 7.02. The van der Waals surface area contributed by atoms with E-state index in [0.717, 1.165) is 31.9 Å². The summed E-state index contributed by atoms with van der Waals surface area (Å²) in [4.78, 5) is 16.5. The summed E-state index contributed by atoms with van der Waals surface area (Å²) in [6.07, 6.45) is 0.717. The molecule has 144 valence electrons. The molecule has 2 rings (SSSR count). The molecule has 1 fully saturated rings. The van der Waals surface area contributed by atoms with Crippen molar-refractivity contribution in [3.63, 3.8) is 0 Å². The normalized spacial score (nSPS) is 15.2. The van der Waals surface area contributed by atoms with E-state index in [-0.39, 0.29) is 30.7 Å². The van der Waals surface area contributed by atoms with Gasteiger partial charge in [-0.3, -0.25) is 4.79 Å². The number of halogens is 2. The number of hydrogen-bond donors (Lipinski definition) is 1. The smallest absolute Gasteiger partial charge is 0.239 e. The molecule has 0 unspecified atom stereocenters. The number of nitrogens with two attached hydrogens (primary N) is 1. The minimum Gasteiger partial charge on any atom is -0.378 e. The molecule has 1 saturated heterocycles. The predicted octanol–water partition coefficient (Wildman–Crippen LogP) is 2.70. The number of nitrogens with zero attached hydrogens (tertiary/aromatic N) is 2. The molecule has 5 nitrogen and oxygen atoms in total. The molecule has 1 aromatic rings. The van der Waals surface area contributed by atoms with E-state index in [1.54, 1.807) is 4.90 Å². The van der Waals surface area contributed by atoms with Crippen molar-refractivity contribution in [3.05, 3.63) is 29.8 Å². The summed E-state index contributed by atoms with van der Waals surface area (Å²) in [5.41, 5.74) is 8.38. The average Bonchev–Trinajstić information content (AvgIpc) is 2.54. The van der Waals surface area contributed by atoms with Gasteiger partial charge in [-0.1, -0.05) is 32.0 Å². The van der Waals surface area contributed by atoms with E-state index in [4.69, 9.17) is 10.5 Å². The maximum Gasteiger partial charge on any atom is 0.239 e. The minimum atomic E-state index is -0.421. The van der Waals surface area contributed by atoms with Crippen molar-refractivity contribution in [2.45, 2.75) is 32.9 Å². The molecule has 0 saturated carbocycles. The van der Waals surface area contributed by atoms with Gasteiger partial charge < -0.3 is 20.3 Å². The average molecular weight is 392 g/mol. The molecule has 1 atom stereocenters. The molecule has 0 bridgehead atoms. The molecule has 1 aromatic carbocycles. The van der Waals surface area contributed by atoms with Gasteiger partial charge in [0.1, 0.15) is 0 Å². The first-order chi connectivity index (χ1) is 11.0. The van der Waals surface area contributed by atoms with E-state index in [1.165, 1.54) is 5.69 Å². The van der Waals surface area contributed by atoms with E-state index < -0.39 is 6.04 Å². The second-order valence-electron chi connectivity index (χ2n) is 6.66. The molecule has 1 aliphatic rings. The number of para-hydroxylation sites is 1. The quantitative estimate of drug-likeness (QED) is 0.809. The summed E-state index contributed by atoms with van der Waals surface area (Å²) < 4.78 is 5.43. The molecule has 0 spiro atoms. The van der Waals surface area contributed by atoms with Gasteiger partial charge in [-0.15, -0.1) is 24.8 Å². The highest BCUT2D eigenvalue weighted by atomic mass is 35.5. The Morgan fingerprint density at radius 3 is 2.44 bits per heavy atom. The maximum absolute atomic E-state index is 12.4. The lowest BCUT2D eigenvalue weighted by Gasteiger charge is -2.32. The van der Waals surface area contributed by atoms with Gasteiger partial charge in [-0.2, -0.15) is 0 Å². The second kappa shape index (κ2) is 11.6. The first-order valence-corrected chi connectivity index (χ1v) is 8.40. The third-order valence-electron chi connectivity index (χ3n) is 4.17. The van der Waals surface area contributed by atoms with E-state index >= 15 is 0 Å². The number of rotatable bonds is 6. The molecule has 2 N–H and O–H groups in total. The van der Waals surface area contributed by atoms with E-state index in [1.807, 2.05) is 19.2 Å². The first kappa shape index (κ1) is 24.0. The Hall–Kier alpha value is -1.01. The lowest BCUT2D eigenvalue weighted by molar-refractivity contribution is -0.132. The maximum atomic E-state index is 12.4.